The molecule has 0 radical (unpaired) electrons. The molecule has 1 aromatic carbocycles. The molecule has 1 aliphatic rings. The molecule has 5 nitrogen and oxygen atoms in total. The number of nitrogens with zero attached hydrogens (tertiary/aromatic N) is 1. The number of carboxylic acid groups (broad SMARTS) is 1. The van der Waals surface area contributed by atoms with Crippen LogP contribution in [0.25, 0.3) is 0 Å². The third-order valence-corrected chi connectivity index (χ3v) is 4.44. The number of carbonyl (C=O) groups excluding carboxylic acids is 1. The average Bonchev–Trinajstić information content (AvgIpc) is 3.26. The summed E-state index contributed by atoms with van der Waals surface area (Å²) in [5, 5.41) is 8.92. The minimum atomic E-state index is -1.29. The number of carboxylic acids is 1. The van der Waals surface area contributed by atoms with Gasteiger partial charge in [0.1, 0.15) is 11.6 Å². The molecular formula is C18H17F2NO4. The van der Waals surface area contributed by atoms with Crippen LogP contribution in [0.3, 0.4) is 0 Å². The molecule has 0 spiro atoms. The molecule has 132 valence electrons. The maximum Gasteiger partial charge on any atom is 0.371 e. The molecule has 25 heavy (non-hydrogen) atoms. The SMILES string of the molecule is O=C(O)c1ccc(C(=O)N(Cc2c(F)cccc2F)C2CCCC2)o1. The summed E-state index contributed by atoms with van der Waals surface area (Å²) in [6.45, 7) is -0.231. The Morgan fingerprint density at radius 1 is 1.08 bits per heavy atom. The highest BCUT2D eigenvalue weighted by Gasteiger charge is 2.31. The van der Waals surface area contributed by atoms with Crippen molar-refractivity contribution in [2.24, 2.45) is 0 Å². The molecule has 0 aliphatic heterocycles. The van der Waals surface area contributed by atoms with Gasteiger partial charge in [-0.2, -0.15) is 0 Å². The van der Waals surface area contributed by atoms with Crippen LogP contribution in [0.5, 0.6) is 0 Å². The monoisotopic (exact) mass is 349 g/mol. The predicted molar refractivity (Wildman–Crippen MR) is 84.2 cm³/mol. The maximum atomic E-state index is 14.0. The first-order valence-electron chi connectivity index (χ1n) is 8.04. The minimum absolute atomic E-state index is 0.152. The standard InChI is InChI=1S/C18H17F2NO4/c19-13-6-3-7-14(20)12(13)10-21(11-4-1-2-5-11)17(22)15-8-9-16(25-15)18(23)24/h3,6-9,11H,1-2,4-5,10H2,(H,23,24). The van der Waals surface area contributed by atoms with Gasteiger partial charge in [0.15, 0.2) is 5.76 Å². The van der Waals surface area contributed by atoms with E-state index < -0.39 is 23.5 Å². The Balaban J connectivity index is 1.91. The molecule has 0 unspecified atom stereocenters. The predicted octanol–water partition coefficient (Wildman–Crippen LogP) is 3.84. The van der Waals surface area contributed by atoms with Gasteiger partial charge in [0.25, 0.3) is 5.91 Å². The van der Waals surface area contributed by atoms with Crippen molar-refractivity contribution >= 4 is 11.9 Å². The zero-order chi connectivity index (χ0) is 18.0. The van der Waals surface area contributed by atoms with Gasteiger partial charge in [-0.1, -0.05) is 18.9 Å². The van der Waals surface area contributed by atoms with Crippen molar-refractivity contribution in [2.45, 2.75) is 38.3 Å². The molecule has 1 saturated carbocycles. The smallest absolute Gasteiger partial charge is 0.371 e. The summed E-state index contributed by atoms with van der Waals surface area (Å²) in [5.74, 6) is -3.80. The fourth-order valence-electron chi connectivity index (χ4n) is 3.15. The summed E-state index contributed by atoms with van der Waals surface area (Å²) in [7, 11) is 0. The van der Waals surface area contributed by atoms with E-state index in [4.69, 9.17) is 9.52 Å². The topological polar surface area (TPSA) is 70.8 Å². The van der Waals surface area contributed by atoms with Crippen molar-refractivity contribution in [3.05, 3.63) is 59.1 Å². The van der Waals surface area contributed by atoms with Crippen LogP contribution in [0.1, 0.15) is 52.4 Å². The Labute approximate surface area is 142 Å². The van der Waals surface area contributed by atoms with Crippen molar-refractivity contribution in [2.75, 3.05) is 0 Å². The van der Waals surface area contributed by atoms with Crippen molar-refractivity contribution in [3.63, 3.8) is 0 Å². The molecule has 0 bridgehead atoms. The lowest BCUT2D eigenvalue weighted by atomic mass is 10.1. The van der Waals surface area contributed by atoms with Crippen LogP contribution >= 0.6 is 0 Å². The van der Waals surface area contributed by atoms with Gasteiger partial charge in [-0.15, -0.1) is 0 Å². The number of halogens is 2. The van der Waals surface area contributed by atoms with Crippen molar-refractivity contribution < 1.29 is 27.9 Å². The highest BCUT2D eigenvalue weighted by molar-refractivity contribution is 5.93. The molecule has 1 amide bonds. The van der Waals surface area contributed by atoms with E-state index >= 15 is 0 Å². The van der Waals surface area contributed by atoms with Crippen LogP contribution in [0.4, 0.5) is 8.78 Å². The quantitative estimate of drug-likeness (QED) is 0.890. The van der Waals surface area contributed by atoms with E-state index in [9.17, 15) is 18.4 Å². The molecule has 1 heterocycles. The van der Waals surface area contributed by atoms with E-state index in [2.05, 4.69) is 0 Å². The van der Waals surface area contributed by atoms with Gasteiger partial charge in [0.2, 0.25) is 5.76 Å². The molecule has 1 fully saturated rings. The largest absolute Gasteiger partial charge is 0.475 e. The number of amides is 1. The Bertz CT molecular complexity index is 776. The number of furan rings is 1. The zero-order valence-electron chi connectivity index (χ0n) is 13.4. The highest BCUT2D eigenvalue weighted by Crippen LogP contribution is 2.28. The third-order valence-electron chi connectivity index (χ3n) is 4.44. The lowest BCUT2D eigenvalue weighted by Crippen LogP contribution is -2.38. The Morgan fingerprint density at radius 3 is 2.24 bits per heavy atom. The van der Waals surface area contributed by atoms with Crippen LogP contribution < -0.4 is 0 Å². The Hall–Kier alpha value is -2.70. The number of carbonyl (C=O) groups is 2. The van der Waals surface area contributed by atoms with Gasteiger partial charge in [-0.3, -0.25) is 4.79 Å². The van der Waals surface area contributed by atoms with Gasteiger partial charge >= 0.3 is 5.97 Å². The van der Waals surface area contributed by atoms with E-state index in [0.29, 0.717) is 0 Å². The summed E-state index contributed by atoms with van der Waals surface area (Å²) < 4.78 is 33.1. The van der Waals surface area contributed by atoms with Gasteiger partial charge in [0, 0.05) is 11.6 Å². The van der Waals surface area contributed by atoms with E-state index in [1.807, 2.05) is 0 Å². The van der Waals surface area contributed by atoms with Crippen LogP contribution in [0, 0.1) is 11.6 Å². The maximum absolute atomic E-state index is 14.0. The second-order valence-electron chi connectivity index (χ2n) is 6.04. The Morgan fingerprint density at radius 2 is 1.68 bits per heavy atom. The second-order valence-corrected chi connectivity index (χ2v) is 6.04. The fraction of sp³-hybridized carbons (Fsp3) is 0.333. The number of rotatable bonds is 5. The lowest BCUT2D eigenvalue weighted by molar-refractivity contribution is 0.0609. The Kier molecular flexibility index (Phi) is 4.83. The van der Waals surface area contributed by atoms with E-state index in [1.54, 1.807) is 0 Å². The number of hydrogen-bond donors (Lipinski definition) is 1. The molecule has 1 N–H and O–H groups in total. The highest BCUT2D eigenvalue weighted by atomic mass is 19.1. The molecule has 0 atom stereocenters. The first-order valence-corrected chi connectivity index (χ1v) is 8.04. The molecule has 1 aromatic heterocycles. The average molecular weight is 349 g/mol. The molecular weight excluding hydrogens is 332 g/mol. The number of aromatic carboxylic acids is 1. The lowest BCUT2D eigenvalue weighted by Gasteiger charge is -2.28. The van der Waals surface area contributed by atoms with Crippen molar-refractivity contribution in [1.29, 1.82) is 0 Å². The summed E-state index contributed by atoms with van der Waals surface area (Å²) >= 11 is 0. The second kappa shape index (κ2) is 7.04. The van der Waals surface area contributed by atoms with Gasteiger partial charge in [0.05, 0.1) is 6.54 Å². The molecule has 1 aliphatic carbocycles. The summed E-state index contributed by atoms with van der Waals surface area (Å²) in [4.78, 5) is 25.1. The minimum Gasteiger partial charge on any atom is -0.475 e. The number of hydrogen-bond acceptors (Lipinski definition) is 3. The first kappa shape index (κ1) is 17.1. The van der Waals surface area contributed by atoms with E-state index in [1.165, 1.54) is 23.1 Å². The molecule has 2 aromatic rings. The summed E-state index contributed by atoms with van der Waals surface area (Å²) in [5.41, 5.74) is -0.187. The van der Waals surface area contributed by atoms with Crippen LogP contribution in [0.2, 0.25) is 0 Å². The van der Waals surface area contributed by atoms with Crippen molar-refractivity contribution in [1.82, 2.24) is 4.90 Å². The van der Waals surface area contributed by atoms with Crippen molar-refractivity contribution in [3.8, 4) is 0 Å². The molecule has 3 rings (SSSR count). The number of benzene rings is 1. The molecule has 7 heteroatoms. The zero-order valence-corrected chi connectivity index (χ0v) is 13.4. The molecule has 0 saturated heterocycles. The van der Waals surface area contributed by atoms with Gasteiger partial charge in [-0.25, -0.2) is 13.6 Å². The van der Waals surface area contributed by atoms with Gasteiger partial charge < -0.3 is 14.4 Å². The van der Waals surface area contributed by atoms with E-state index in [0.717, 1.165) is 37.8 Å². The van der Waals surface area contributed by atoms with Crippen LogP contribution in [0.15, 0.2) is 34.7 Å². The summed E-state index contributed by atoms with van der Waals surface area (Å²) in [6, 6.07) is 5.85. The first-order chi connectivity index (χ1) is 12.0. The summed E-state index contributed by atoms with van der Waals surface area (Å²) in [6.07, 6.45) is 3.31. The van der Waals surface area contributed by atoms with Gasteiger partial charge in [-0.05, 0) is 37.1 Å². The van der Waals surface area contributed by atoms with E-state index in [-0.39, 0.29) is 29.7 Å². The third kappa shape index (κ3) is 3.55. The van der Waals surface area contributed by atoms with Crippen LogP contribution in [-0.2, 0) is 6.54 Å². The normalized spacial score (nSPS) is 14.6. The van der Waals surface area contributed by atoms with Crippen LogP contribution in [-0.4, -0.2) is 27.9 Å². The fourth-order valence-corrected chi connectivity index (χ4v) is 3.15.